The molecule has 0 aliphatic carbocycles. The Morgan fingerprint density at radius 3 is 2.70 bits per heavy atom. The number of nitrogens with zero attached hydrogens (tertiary/aromatic N) is 1. The van der Waals surface area contributed by atoms with Crippen molar-refractivity contribution in [3.05, 3.63) is 16.5 Å². The minimum atomic E-state index is -3.69. The van der Waals surface area contributed by atoms with Gasteiger partial charge in [-0.15, -0.1) is 11.3 Å². The Morgan fingerprint density at radius 1 is 1.55 bits per heavy atom. The molecule has 0 fully saturated rings. The van der Waals surface area contributed by atoms with E-state index in [1.807, 2.05) is 0 Å². The van der Waals surface area contributed by atoms with Gasteiger partial charge in [0, 0.05) is 20.2 Å². The lowest BCUT2D eigenvalue weighted by atomic mass is 10.3. The van der Waals surface area contributed by atoms with Crippen LogP contribution in [0.15, 0.2) is 16.3 Å². The summed E-state index contributed by atoms with van der Waals surface area (Å²) in [6, 6.07) is 2.75. The largest absolute Gasteiger partial charge is 0.383 e. The third-order valence-electron chi connectivity index (χ3n) is 2.40. The van der Waals surface area contributed by atoms with Crippen LogP contribution in [0.4, 0.5) is 0 Å². The molecule has 6 nitrogen and oxygen atoms in total. The minimum Gasteiger partial charge on any atom is -0.383 e. The summed E-state index contributed by atoms with van der Waals surface area (Å²) < 4.78 is 30.7. The van der Waals surface area contributed by atoms with E-state index in [2.05, 4.69) is 5.32 Å². The van der Waals surface area contributed by atoms with Crippen molar-refractivity contribution >= 4 is 38.9 Å². The molecule has 1 heterocycles. The summed E-state index contributed by atoms with van der Waals surface area (Å²) in [4.78, 5) is 11.7. The van der Waals surface area contributed by atoms with E-state index in [0.29, 0.717) is 10.9 Å². The van der Waals surface area contributed by atoms with E-state index in [-0.39, 0.29) is 22.7 Å². The predicted octanol–water partition coefficient (Wildman–Crippen LogP) is 1.17. The third kappa shape index (κ3) is 4.71. The first-order valence-corrected chi connectivity index (χ1v) is 8.40. The zero-order valence-corrected chi connectivity index (χ0v) is 13.8. The average Bonchev–Trinajstić information content (AvgIpc) is 2.76. The summed E-state index contributed by atoms with van der Waals surface area (Å²) in [6.07, 6.45) is 0. The van der Waals surface area contributed by atoms with Crippen LogP contribution in [0.5, 0.6) is 0 Å². The van der Waals surface area contributed by atoms with Crippen LogP contribution in [0.2, 0.25) is 4.34 Å². The molecule has 1 unspecified atom stereocenters. The van der Waals surface area contributed by atoms with E-state index < -0.39 is 10.0 Å². The van der Waals surface area contributed by atoms with Gasteiger partial charge in [-0.2, -0.15) is 4.31 Å². The lowest BCUT2D eigenvalue weighted by molar-refractivity contribution is -0.122. The van der Waals surface area contributed by atoms with E-state index in [1.165, 1.54) is 26.3 Å². The topological polar surface area (TPSA) is 75.7 Å². The number of carbonyl (C=O) groups is 1. The molecule has 1 N–H and O–H groups in total. The van der Waals surface area contributed by atoms with E-state index in [9.17, 15) is 13.2 Å². The summed E-state index contributed by atoms with van der Waals surface area (Å²) in [5.41, 5.74) is 0. The molecule has 0 saturated heterocycles. The Hall–Kier alpha value is -0.670. The van der Waals surface area contributed by atoms with Crippen LogP contribution in [0.25, 0.3) is 0 Å². The average molecular weight is 341 g/mol. The highest BCUT2D eigenvalue weighted by molar-refractivity contribution is 7.91. The fraction of sp³-hybridized carbons (Fsp3) is 0.545. The quantitative estimate of drug-likeness (QED) is 0.808. The van der Waals surface area contributed by atoms with E-state index in [4.69, 9.17) is 16.3 Å². The number of sulfonamides is 1. The molecule has 20 heavy (non-hydrogen) atoms. The first-order valence-electron chi connectivity index (χ1n) is 5.77. The van der Waals surface area contributed by atoms with Gasteiger partial charge < -0.3 is 10.1 Å². The number of thiophene rings is 1. The van der Waals surface area contributed by atoms with Crippen LogP contribution >= 0.6 is 22.9 Å². The zero-order chi connectivity index (χ0) is 15.3. The number of carbonyl (C=O) groups excluding carboxylic acids is 1. The van der Waals surface area contributed by atoms with Crippen LogP contribution < -0.4 is 5.32 Å². The highest BCUT2D eigenvalue weighted by Crippen LogP contribution is 2.27. The van der Waals surface area contributed by atoms with Gasteiger partial charge in [0.15, 0.2) is 0 Å². The van der Waals surface area contributed by atoms with Gasteiger partial charge in [0.25, 0.3) is 10.0 Å². The molecule has 0 bridgehead atoms. The summed E-state index contributed by atoms with van der Waals surface area (Å²) in [5, 5.41) is 2.65. The predicted molar refractivity (Wildman–Crippen MR) is 78.6 cm³/mol. The number of ether oxygens (including phenoxy) is 1. The summed E-state index contributed by atoms with van der Waals surface area (Å²) >= 11 is 6.68. The first kappa shape index (κ1) is 17.4. The lowest BCUT2D eigenvalue weighted by Gasteiger charge is -2.18. The Balaban J connectivity index is 2.66. The minimum absolute atomic E-state index is 0.114. The number of hydrogen-bond donors (Lipinski definition) is 1. The molecule has 1 aromatic heterocycles. The number of amides is 1. The van der Waals surface area contributed by atoms with Crippen LogP contribution in [-0.4, -0.2) is 52.0 Å². The van der Waals surface area contributed by atoms with Crippen molar-refractivity contribution in [1.82, 2.24) is 9.62 Å². The number of hydrogen-bond acceptors (Lipinski definition) is 5. The van der Waals surface area contributed by atoms with Crippen molar-refractivity contribution in [3.63, 3.8) is 0 Å². The molecule has 1 atom stereocenters. The Kier molecular flexibility index (Phi) is 6.41. The monoisotopic (exact) mass is 340 g/mol. The van der Waals surface area contributed by atoms with Gasteiger partial charge in [-0.3, -0.25) is 4.79 Å². The van der Waals surface area contributed by atoms with Gasteiger partial charge >= 0.3 is 0 Å². The molecule has 9 heteroatoms. The molecule has 114 valence electrons. The fourth-order valence-electron chi connectivity index (χ4n) is 1.49. The molecule has 0 aromatic carbocycles. The number of likely N-dealkylation sites (N-methyl/N-ethyl adjacent to an activating group) is 1. The molecule has 0 aliphatic heterocycles. The highest BCUT2D eigenvalue weighted by atomic mass is 35.5. The molecule has 0 radical (unpaired) electrons. The molecular formula is C11H17ClN2O4S2. The normalized spacial score (nSPS) is 13.4. The molecule has 0 spiro atoms. The van der Waals surface area contributed by atoms with Crippen molar-refractivity contribution in [2.45, 2.75) is 17.2 Å². The summed E-state index contributed by atoms with van der Waals surface area (Å²) in [6.45, 7) is 1.88. The third-order valence-corrected chi connectivity index (χ3v) is 5.91. The smallest absolute Gasteiger partial charge is 0.252 e. The Labute approximate surface area is 127 Å². The zero-order valence-electron chi connectivity index (χ0n) is 11.4. The van der Waals surface area contributed by atoms with Crippen molar-refractivity contribution in [1.29, 1.82) is 0 Å². The van der Waals surface area contributed by atoms with Crippen LogP contribution in [-0.2, 0) is 19.6 Å². The maximum Gasteiger partial charge on any atom is 0.252 e. The maximum absolute atomic E-state index is 12.2. The second-order valence-corrected chi connectivity index (χ2v) is 8.23. The van der Waals surface area contributed by atoms with E-state index in [1.54, 1.807) is 6.92 Å². The van der Waals surface area contributed by atoms with Gasteiger partial charge in [-0.25, -0.2) is 8.42 Å². The van der Waals surface area contributed by atoms with Crippen molar-refractivity contribution in [2.24, 2.45) is 0 Å². The number of rotatable bonds is 7. The first-order chi connectivity index (χ1) is 9.27. The highest BCUT2D eigenvalue weighted by Gasteiger charge is 2.24. The Bertz CT molecular complexity index is 559. The number of methoxy groups -OCH3 is 1. The van der Waals surface area contributed by atoms with Crippen LogP contribution in [0.1, 0.15) is 6.92 Å². The molecule has 0 saturated carbocycles. The fourth-order valence-corrected chi connectivity index (χ4v) is 4.31. The van der Waals surface area contributed by atoms with Crippen LogP contribution in [0.3, 0.4) is 0 Å². The molecule has 1 aromatic rings. The molecular weight excluding hydrogens is 324 g/mol. The number of nitrogens with one attached hydrogen (secondary N) is 1. The molecule has 1 rings (SSSR count). The van der Waals surface area contributed by atoms with Crippen molar-refractivity contribution in [3.8, 4) is 0 Å². The standard InChI is InChI=1S/C11H17ClN2O4S2/c1-8(7-18-3)13-10(15)6-14(2)20(16,17)11-5-4-9(12)19-11/h4-5,8H,6-7H2,1-3H3,(H,13,15). The van der Waals surface area contributed by atoms with Crippen molar-refractivity contribution < 1.29 is 17.9 Å². The molecule has 1 amide bonds. The Morgan fingerprint density at radius 2 is 2.20 bits per heavy atom. The van der Waals surface area contributed by atoms with Crippen LogP contribution in [0, 0.1) is 0 Å². The number of halogens is 1. The van der Waals surface area contributed by atoms with Gasteiger partial charge in [0.1, 0.15) is 4.21 Å². The summed E-state index contributed by atoms with van der Waals surface area (Å²) in [7, 11) is -0.808. The van der Waals surface area contributed by atoms with Gasteiger partial charge in [0.2, 0.25) is 5.91 Å². The van der Waals surface area contributed by atoms with E-state index >= 15 is 0 Å². The second kappa shape index (κ2) is 7.37. The lowest BCUT2D eigenvalue weighted by Crippen LogP contribution is -2.43. The summed E-state index contributed by atoms with van der Waals surface area (Å²) in [5.74, 6) is -0.386. The SMILES string of the molecule is COCC(C)NC(=O)CN(C)S(=O)(=O)c1ccc(Cl)s1. The van der Waals surface area contributed by atoms with E-state index in [0.717, 1.165) is 15.6 Å². The van der Waals surface area contributed by atoms with Gasteiger partial charge in [0.05, 0.1) is 17.5 Å². The molecule has 0 aliphatic rings. The van der Waals surface area contributed by atoms with Gasteiger partial charge in [-0.1, -0.05) is 11.6 Å². The maximum atomic E-state index is 12.2. The van der Waals surface area contributed by atoms with Crippen molar-refractivity contribution in [2.75, 3.05) is 27.3 Å². The van der Waals surface area contributed by atoms with Gasteiger partial charge in [-0.05, 0) is 19.1 Å². The second-order valence-electron chi connectivity index (χ2n) is 4.24.